The van der Waals surface area contributed by atoms with Gasteiger partial charge in [0.2, 0.25) is 0 Å². The van der Waals surface area contributed by atoms with E-state index in [-0.39, 0.29) is 0 Å². The van der Waals surface area contributed by atoms with Crippen molar-refractivity contribution >= 4 is 11.8 Å². The summed E-state index contributed by atoms with van der Waals surface area (Å²) in [4.78, 5) is 22.0. The molecule has 5 heteroatoms. The topological polar surface area (TPSA) is 66.3 Å². The van der Waals surface area contributed by atoms with Gasteiger partial charge in [0.05, 0.1) is 5.41 Å². The van der Waals surface area contributed by atoms with Gasteiger partial charge in [0.25, 0.3) is 0 Å². The molecule has 1 N–H and O–H groups in total. The number of piperidine rings is 1. The summed E-state index contributed by atoms with van der Waals surface area (Å²) in [5, 5.41) is 9.35. The number of aliphatic carboxylic acids is 1. The van der Waals surface area contributed by atoms with Crippen molar-refractivity contribution in [1.29, 1.82) is 0 Å². The molecule has 0 bridgehead atoms. The first-order valence-corrected chi connectivity index (χ1v) is 6.35. The lowest BCUT2D eigenvalue weighted by atomic mass is 9.76. The van der Waals surface area contributed by atoms with Crippen molar-refractivity contribution in [3.05, 3.63) is 18.1 Å². The van der Waals surface area contributed by atoms with Gasteiger partial charge in [-0.2, -0.15) is 0 Å². The number of hydrogen-bond donors (Lipinski definition) is 1. The molecule has 0 aromatic carbocycles. The summed E-state index contributed by atoms with van der Waals surface area (Å²) in [6.45, 7) is 5.31. The molecule has 1 aliphatic heterocycles. The molecular formula is C13H19N3O2. The smallest absolute Gasteiger partial charge is 0.309 e. The van der Waals surface area contributed by atoms with Crippen LogP contribution in [-0.2, 0) is 4.79 Å². The van der Waals surface area contributed by atoms with Crippen molar-refractivity contribution in [2.45, 2.75) is 33.1 Å². The average Bonchev–Trinajstić information content (AvgIpc) is 2.38. The van der Waals surface area contributed by atoms with E-state index in [2.05, 4.69) is 14.9 Å². The van der Waals surface area contributed by atoms with Gasteiger partial charge in [-0.05, 0) is 32.3 Å². The minimum atomic E-state index is -0.663. The molecule has 5 nitrogen and oxygen atoms in total. The Hall–Kier alpha value is -1.65. The Kier molecular flexibility index (Phi) is 3.50. The SMILES string of the molecule is CCC1(C(=O)O)CCN(c2ccnc(C)n2)CC1. The monoisotopic (exact) mass is 249 g/mol. The molecule has 1 saturated heterocycles. The Morgan fingerprint density at radius 3 is 2.67 bits per heavy atom. The summed E-state index contributed by atoms with van der Waals surface area (Å²) in [6, 6.07) is 1.88. The van der Waals surface area contributed by atoms with Crippen LogP contribution in [0.4, 0.5) is 5.82 Å². The summed E-state index contributed by atoms with van der Waals surface area (Å²) in [6.07, 6.45) is 3.80. The first-order chi connectivity index (χ1) is 8.57. The molecule has 0 spiro atoms. The third kappa shape index (κ3) is 2.30. The molecule has 18 heavy (non-hydrogen) atoms. The van der Waals surface area contributed by atoms with E-state index in [0.717, 1.165) is 24.7 Å². The molecule has 1 aromatic heterocycles. The maximum absolute atomic E-state index is 11.4. The summed E-state index contributed by atoms with van der Waals surface area (Å²) in [5.41, 5.74) is -0.543. The van der Waals surface area contributed by atoms with E-state index in [4.69, 9.17) is 0 Å². The van der Waals surface area contributed by atoms with Crippen LogP contribution in [0.5, 0.6) is 0 Å². The number of nitrogens with zero attached hydrogens (tertiary/aromatic N) is 3. The molecule has 1 aromatic rings. The van der Waals surface area contributed by atoms with Gasteiger partial charge in [0.15, 0.2) is 0 Å². The molecule has 0 aliphatic carbocycles. The van der Waals surface area contributed by atoms with Gasteiger partial charge < -0.3 is 10.0 Å². The highest BCUT2D eigenvalue weighted by Crippen LogP contribution is 2.36. The van der Waals surface area contributed by atoms with Gasteiger partial charge in [-0.3, -0.25) is 4.79 Å². The van der Waals surface area contributed by atoms with Crippen LogP contribution in [0.3, 0.4) is 0 Å². The number of aryl methyl sites for hydroxylation is 1. The van der Waals surface area contributed by atoms with Crippen LogP contribution in [0.2, 0.25) is 0 Å². The number of carboxylic acids is 1. The van der Waals surface area contributed by atoms with E-state index in [1.807, 2.05) is 19.9 Å². The van der Waals surface area contributed by atoms with E-state index < -0.39 is 11.4 Å². The Morgan fingerprint density at radius 2 is 2.17 bits per heavy atom. The number of rotatable bonds is 3. The minimum absolute atomic E-state index is 0.543. The third-order valence-corrected chi connectivity index (χ3v) is 3.94. The number of hydrogen-bond acceptors (Lipinski definition) is 4. The third-order valence-electron chi connectivity index (χ3n) is 3.94. The zero-order valence-electron chi connectivity index (χ0n) is 10.9. The number of carboxylic acid groups (broad SMARTS) is 1. The van der Waals surface area contributed by atoms with E-state index >= 15 is 0 Å². The van der Waals surface area contributed by atoms with Crippen molar-refractivity contribution in [2.24, 2.45) is 5.41 Å². The second-order valence-corrected chi connectivity index (χ2v) is 4.89. The van der Waals surface area contributed by atoms with Gasteiger partial charge in [-0.15, -0.1) is 0 Å². The Balaban J connectivity index is 2.09. The first-order valence-electron chi connectivity index (χ1n) is 6.35. The molecule has 0 amide bonds. The normalized spacial score (nSPS) is 18.7. The number of aromatic nitrogens is 2. The maximum Gasteiger partial charge on any atom is 0.309 e. The second kappa shape index (κ2) is 4.92. The summed E-state index contributed by atoms with van der Waals surface area (Å²) in [7, 11) is 0. The molecule has 0 unspecified atom stereocenters. The zero-order chi connectivity index (χ0) is 13.2. The minimum Gasteiger partial charge on any atom is -0.481 e. The predicted molar refractivity (Wildman–Crippen MR) is 68.6 cm³/mol. The molecular weight excluding hydrogens is 230 g/mol. The lowest BCUT2D eigenvalue weighted by molar-refractivity contribution is -0.150. The molecule has 0 atom stereocenters. The maximum atomic E-state index is 11.4. The van der Waals surface area contributed by atoms with Crippen molar-refractivity contribution in [2.75, 3.05) is 18.0 Å². The molecule has 2 heterocycles. The van der Waals surface area contributed by atoms with E-state index in [0.29, 0.717) is 19.3 Å². The lowest BCUT2D eigenvalue weighted by Gasteiger charge is -2.38. The number of anilines is 1. The zero-order valence-corrected chi connectivity index (χ0v) is 10.9. The van der Waals surface area contributed by atoms with Gasteiger partial charge in [-0.1, -0.05) is 6.92 Å². The Morgan fingerprint density at radius 1 is 1.50 bits per heavy atom. The van der Waals surface area contributed by atoms with Gasteiger partial charge in [-0.25, -0.2) is 9.97 Å². The highest BCUT2D eigenvalue weighted by Gasteiger charge is 2.40. The lowest BCUT2D eigenvalue weighted by Crippen LogP contribution is -2.44. The molecule has 1 fully saturated rings. The fourth-order valence-electron chi connectivity index (χ4n) is 2.50. The van der Waals surface area contributed by atoms with Crippen molar-refractivity contribution in [1.82, 2.24) is 9.97 Å². The largest absolute Gasteiger partial charge is 0.481 e. The second-order valence-electron chi connectivity index (χ2n) is 4.89. The highest BCUT2D eigenvalue weighted by molar-refractivity contribution is 5.75. The van der Waals surface area contributed by atoms with Gasteiger partial charge >= 0.3 is 5.97 Å². The number of carbonyl (C=O) groups is 1. The standard InChI is InChI=1S/C13H19N3O2/c1-3-13(12(17)18)5-8-16(9-6-13)11-4-7-14-10(2)15-11/h4,7H,3,5-6,8-9H2,1-2H3,(H,17,18). The van der Waals surface area contributed by atoms with Gasteiger partial charge in [0.1, 0.15) is 11.6 Å². The Bertz CT molecular complexity index is 440. The summed E-state index contributed by atoms with van der Waals surface area (Å²) in [5.74, 6) is 0.985. The fourth-order valence-corrected chi connectivity index (χ4v) is 2.50. The van der Waals surface area contributed by atoms with Crippen LogP contribution in [0, 0.1) is 12.3 Å². The van der Waals surface area contributed by atoms with Crippen molar-refractivity contribution < 1.29 is 9.90 Å². The molecule has 2 rings (SSSR count). The van der Waals surface area contributed by atoms with Crippen LogP contribution in [0.1, 0.15) is 32.0 Å². The first kappa shape index (κ1) is 12.8. The fraction of sp³-hybridized carbons (Fsp3) is 0.615. The average molecular weight is 249 g/mol. The van der Waals surface area contributed by atoms with Gasteiger partial charge in [0, 0.05) is 19.3 Å². The van der Waals surface area contributed by atoms with E-state index in [1.165, 1.54) is 0 Å². The summed E-state index contributed by atoms with van der Waals surface area (Å²) >= 11 is 0. The van der Waals surface area contributed by atoms with Crippen LogP contribution in [-0.4, -0.2) is 34.1 Å². The quantitative estimate of drug-likeness (QED) is 0.885. The molecule has 0 radical (unpaired) electrons. The molecule has 0 saturated carbocycles. The van der Waals surface area contributed by atoms with Crippen molar-refractivity contribution in [3.8, 4) is 0 Å². The summed E-state index contributed by atoms with van der Waals surface area (Å²) < 4.78 is 0. The highest BCUT2D eigenvalue weighted by atomic mass is 16.4. The van der Waals surface area contributed by atoms with E-state index in [1.54, 1.807) is 6.20 Å². The van der Waals surface area contributed by atoms with E-state index in [9.17, 15) is 9.90 Å². The predicted octanol–water partition coefficient (Wildman–Crippen LogP) is 1.87. The van der Waals surface area contributed by atoms with Crippen molar-refractivity contribution in [3.63, 3.8) is 0 Å². The Labute approximate surface area is 107 Å². The van der Waals surface area contributed by atoms with Crippen LogP contribution in [0.25, 0.3) is 0 Å². The van der Waals surface area contributed by atoms with Crippen LogP contribution < -0.4 is 4.90 Å². The molecule has 98 valence electrons. The van der Waals surface area contributed by atoms with Crippen LogP contribution >= 0.6 is 0 Å². The molecule has 1 aliphatic rings. The van der Waals surface area contributed by atoms with Crippen LogP contribution in [0.15, 0.2) is 12.3 Å².